The first-order valence-corrected chi connectivity index (χ1v) is 11.1. The highest BCUT2D eigenvalue weighted by atomic mass is 32.2. The smallest absolute Gasteiger partial charge is 0.243 e. The number of nitrogens with zero attached hydrogens (tertiary/aromatic N) is 1. The number of sulfonamides is 1. The molecule has 0 aliphatic rings. The van der Waals surface area contributed by atoms with Crippen molar-refractivity contribution >= 4 is 26.7 Å². The van der Waals surface area contributed by atoms with Crippen LogP contribution in [0.2, 0.25) is 0 Å². The number of carbonyl (C=O) groups excluding carboxylic acids is 1. The van der Waals surface area contributed by atoms with Gasteiger partial charge in [0.05, 0.1) is 11.4 Å². The van der Waals surface area contributed by atoms with Gasteiger partial charge in [-0.1, -0.05) is 60.7 Å². The second kappa shape index (κ2) is 9.20. The predicted octanol–water partition coefficient (Wildman–Crippen LogP) is 3.60. The number of nitrogens with one attached hydrogen (secondary N) is 1. The van der Waals surface area contributed by atoms with Crippen molar-refractivity contribution < 1.29 is 13.2 Å². The molecule has 0 unspecified atom stereocenters. The standard InChI is InChI=1S/C23H26N2O3S/c1-18(12-13-19-8-4-3-5-9-19)24-23(26)17-25(2)29(27,28)22-15-14-20-10-6-7-11-21(20)16-22/h3-11,14-16,18H,12-13,17H2,1-2H3,(H,24,26)/t18-/m0/s1. The second-order valence-corrected chi connectivity index (χ2v) is 9.31. The Labute approximate surface area is 172 Å². The third-order valence-electron chi connectivity index (χ3n) is 4.91. The lowest BCUT2D eigenvalue weighted by Gasteiger charge is -2.19. The van der Waals surface area contributed by atoms with Crippen LogP contribution in [0.3, 0.4) is 0 Å². The van der Waals surface area contributed by atoms with Crippen molar-refractivity contribution in [3.8, 4) is 0 Å². The Morgan fingerprint density at radius 2 is 1.62 bits per heavy atom. The molecule has 29 heavy (non-hydrogen) atoms. The van der Waals surface area contributed by atoms with Crippen LogP contribution in [0, 0.1) is 0 Å². The minimum absolute atomic E-state index is 0.0421. The van der Waals surface area contributed by atoms with E-state index in [0.29, 0.717) is 0 Å². The molecule has 3 aromatic carbocycles. The van der Waals surface area contributed by atoms with E-state index in [0.717, 1.165) is 27.9 Å². The van der Waals surface area contributed by atoms with E-state index in [4.69, 9.17) is 0 Å². The number of amides is 1. The molecule has 3 rings (SSSR count). The van der Waals surface area contributed by atoms with Gasteiger partial charge in [-0.3, -0.25) is 4.79 Å². The zero-order valence-corrected chi connectivity index (χ0v) is 17.5. The molecule has 0 spiro atoms. The number of fused-ring (bicyclic) bond motifs is 1. The maximum absolute atomic E-state index is 12.9. The molecule has 3 aromatic rings. The van der Waals surface area contributed by atoms with Crippen molar-refractivity contribution in [3.63, 3.8) is 0 Å². The van der Waals surface area contributed by atoms with E-state index in [2.05, 4.69) is 17.4 Å². The first-order valence-electron chi connectivity index (χ1n) is 9.65. The normalized spacial score (nSPS) is 12.8. The first kappa shape index (κ1) is 21.0. The monoisotopic (exact) mass is 410 g/mol. The van der Waals surface area contributed by atoms with Gasteiger partial charge in [-0.05, 0) is 48.2 Å². The van der Waals surface area contributed by atoms with E-state index in [1.807, 2.05) is 49.4 Å². The SMILES string of the molecule is C[C@@H](CCc1ccccc1)NC(=O)CN(C)S(=O)(=O)c1ccc2ccccc2c1. The highest BCUT2D eigenvalue weighted by molar-refractivity contribution is 7.89. The number of hydrogen-bond donors (Lipinski definition) is 1. The van der Waals surface area contributed by atoms with Gasteiger partial charge in [-0.25, -0.2) is 8.42 Å². The molecule has 6 heteroatoms. The van der Waals surface area contributed by atoms with Gasteiger partial charge >= 0.3 is 0 Å². The van der Waals surface area contributed by atoms with Gasteiger partial charge < -0.3 is 5.32 Å². The van der Waals surface area contributed by atoms with Crippen LogP contribution in [0.25, 0.3) is 10.8 Å². The molecule has 0 aliphatic carbocycles. The Morgan fingerprint density at radius 3 is 2.34 bits per heavy atom. The fraction of sp³-hybridized carbons (Fsp3) is 0.261. The highest BCUT2D eigenvalue weighted by Crippen LogP contribution is 2.21. The van der Waals surface area contributed by atoms with E-state index in [1.54, 1.807) is 18.2 Å². The zero-order valence-electron chi connectivity index (χ0n) is 16.7. The van der Waals surface area contributed by atoms with Crippen molar-refractivity contribution in [2.75, 3.05) is 13.6 Å². The van der Waals surface area contributed by atoms with E-state index in [1.165, 1.54) is 12.6 Å². The van der Waals surface area contributed by atoms with E-state index in [-0.39, 0.29) is 23.4 Å². The second-order valence-electron chi connectivity index (χ2n) is 7.26. The largest absolute Gasteiger partial charge is 0.352 e. The molecule has 0 aliphatic heterocycles. The average Bonchev–Trinajstić information content (AvgIpc) is 2.72. The maximum Gasteiger partial charge on any atom is 0.243 e. The van der Waals surface area contributed by atoms with Crippen molar-refractivity contribution in [1.82, 2.24) is 9.62 Å². The molecule has 0 radical (unpaired) electrons. The fourth-order valence-electron chi connectivity index (χ4n) is 3.22. The molecule has 5 nitrogen and oxygen atoms in total. The minimum Gasteiger partial charge on any atom is -0.352 e. The van der Waals surface area contributed by atoms with E-state index in [9.17, 15) is 13.2 Å². The fourth-order valence-corrected chi connectivity index (χ4v) is 4.38. The number of carbonyl (C=O) groups is 1. The minimum atomic E-state index is -3.74. The van der Waals surface area contributed by atoms with Gasteiger partial charge in [0.15, 0.2) is 0 Å². The third kappa shape index (κ3) is 5.43. The number of rotatable bonds is 8. The Morgan fingerprint density at radius 1 is 0.966 bits per heavy atom. The lowest BCUT2D eigenvalue weighted by molar-refractivity contribution is -0.121. The van der Waals surface area contributed by atoms with Crippen LogP contribution in [0.1, 0.15) is 18.9 Å². The topological polar surface area (TPSA) is 66.5 Å². The first-order chi connectivity index (χ1) is 13.9. The molecule has 0 saturated heterocycles. The number of benzene rings is 3. The quantitative estimate of drug-likeness (QED) is 0.617. The zero-order chi connectivity index (χ0) is 20.9. The predicted molar refractivity (Wildman–Crippen MR) is 116 cm³/mol. The van der Waals surface area contributed by atoms with Crippen molar-refractivity contribution in [3.05, 3.63) is 78.4 Å². The highest BCUT2D eigenvalue weighted by Gasteiger charge is 2.23. The Bertz CT molecular complexity index is 1080. The summed E-state index contributed by atoms with van der Waals surface area (Å²) in [7, 11) is -2.31. The third-order valence-corrected chi connectivity index (χ3v) is 6.71. The molecule has 0 fully saturated rings. The number of likely N-dealkylation sites (N-methyl/N-ethyl adjacent to an activating group) is 1. The Kier molecular flexibility index (Phi) is 6.67. The van der Waals surface area contributed by atoms with Crippen molar-refractivity contribution in [2.45, 2.75) is 30.7 Å². The lowest BCUT2D eigenvalue weighted by Crippen LogP contribution is -2.41. The Hall–Kier alpha value is -2.70. The lowest BCUT2D eigenvalue weighted by atomic mass is 10.1. The summed E-state index contributed by atoms with van der Waals surface area (Å²) in [6.45, 7) is 1.71. The number of aryl methyl sites for hydroxylation is 1. The molecule has 1 N–H and O–H groups in total. The van der Waals surface area contributed by atoms with Crippen LogP contribution in [-0.4, -0.2) is 38.3 Å². The van der Waals surface area contributed by atoms with Gasteiger partial charge in [-0.2, -0.15) is 4.31 Å². The molecule has 0 bridgehead atoms. The van der Waals surface area contributed by atoms with Crippen LogP contribution in [0.4, 0.5) is 0 Å². The van der Waals surface area contributed by atoms with Crippen LogP contribution < -0.4 is 5.32 Å². The summed E-state index contributed by atoms with van der Waals surface area (Å²) in [5, 5.41) is 4.71. The summed E-state index contributed by atoms with van der Waals surface area (Å²) >= 11 is 0. The van der Waals surface area contributed by atoms with Gasteiger partial charge in [0, 0.05) is 13.1 Å². The van der Waals surface area contributed by atoms with Crippen molar-refractivity contribution in [1.29, 1.82) is 0 Å². The van der Waals surface area contributed by atoms with Gasteiger partial charge in [0.25, 0.3) is 0 Å². The van der Waals surface area contributed by atoms with E-state index >= 15 is 0 Å². The molecule has 1 atom stereocenters. The summed E-state index contributed by atoms with van der Waals surface area (Å²) in [6.07, 6.45) is 1.64. The number of hydrogen-bond acceptors (Lipinski definition) is 3. The van der Waals surface area contributed by atoms with Gasteiger partial charge in [0.1, 0.15) is 0 Å². The summed E-state index contributed by atoms with van der Waals surface area (Å²) in [6, 6.07) is 22.6. The maximum atomic E-state index is 12.9. The molecular formula is C23H26N2O3S. The molecular weight excluding hydrogens is 384 g/mol. The molecule has 0 heterocycles. The molecule has 0 saturated carbocycles. The molecule has 1 amide bonds. The van der Waals surface area contributed by atoms with Crippen LogP contribution in [0.15, 0.2) is 77.7 Å². The van der Waals surface area contributed by atoms with Gasteiger partial charge in [0.2, 0.25) is 15.9 Å². The molecule has 152 valence electrons. The average molecular weight is 411 g/mol. The van der Waals surface area contributed by atoms with Crippen LogP contribution in [0.5, 0.6) is 0 Å². The van der Waals surface area contributed by atoms with Crippen LogP contribution >= 0.6 is 0 Å². The van der Waals surface area contributed by atoms with Crippen LogP contribution in [-0.2, 0) is 21.2 Å². The summed E-state index contributed by atoms with van der Waals surface area (Å²) in [5.41, 5.74) is 1.21. The summed E-state index contributed by atoms with van der Waals surface area (Å²) in [5.74, 6) is -0.308. The summed E-state index contributed by atoms with van der Waals surface area (Å²) < 4.78 is 26.8. The van der Waals surface area contributed by atoms with Gasteiger partial charge in [-0.15, -0.1) is 0 Å². The molecule has 0 aromatic heterocycles. The summed E-state index contributed by atoms with van der Waals surface area (Å²) in [4.78, 5) is 12.5. The van der Waals surface area contributed by atoms with E-state index < -0.39 is 10.0 Å². The Balaban J connectivity index is 1.58. The van der Waals surface area contributed by atoms with Crippen molar-refractivity contribution in [2.24, 2.45) is 0 Å².